The Bertz CT molecular complexity index is 90.7. The van der Waals surface area contributed by atoms with Crippen molar-refractivity contribution < 1.29 is 0 Å². The highest BCUT2D eigenvalue weighted by molar-refractivity contribution is 4.77. The molecule has 60 valence electrons. The van der Waals surface area contributed by atoms with Crippen molar-refractivity contribution in [2.75, 3.05) is 0 Å². The van der Waals surface area contributed by atoms with Crippen molar-refractivity contribution in [1.82, 2.24) is 0 Å². The molecule has 0 heterocycles. The first-order valence-corrected chi connectivity index (χ1v) is 4.58. The summed E-state index contributed by atoms with van der Waals surface area (Å²) in [7, 11) is 0. The molecule has 0 aliphatic heterocycles. The topological polar surface area (TPSA) is 26.0 Å². The Morgan fingerprint density at radius 2 is 2.20 bits per heavy atom. The zero-order valence-electron chi connectivity index (χ0n) is 6.97. The van der Waals surface area contributed by atoms with Gasteiger partial charge in [-0.05, 0) is 25.2 Å². The Balaban J connectivity index is 2.06. The third-order valence-electron chi connectivity index (χ3n) is 2.55. The van der Waals surface area contributed by atoms with Gasteiger partial charge in [0.2, 0.25) is 0 Å². The van der Waals surface area contributed by atoms with Crippen LogP contribution < -0.4 is 5.73 Å². The number of hydrogen-bond acceptors (Lipinski definition) is 1. The van der Waals surface area contributed by atoms with Crippen molar-refractivity contribution in [3.8, 4) is 0 Å². The second-order valence-corrected chi connectivity index (χ2v) is 3.58. The molecule has 0 saturated heterocycles. The molecule has 0 aromatic heterocycles. The molecule has 0 radical (unpaired) electrons. The van der Waals surface area contributed by atoms with Gasteiger partial charge in [-0.1, -0.05) is 26.2 Å². The van der Waals surface area contributed by atoms with Gasteiger partial charge in [0.15, 0.2) is 0 Å². The number of rotatable bonds is 3. The van der Waals surface area contributed by atoms with Crippen molar-refractivity contribution in [3.63, 3.8) is 0 Å². The molecule has 1 aliphatic rings. The SMILES string of the molecule is CCCCC1CCC(N)C1. The highest BCUT2D eigenvalue weighted by Crippen LogP contribution is 2.28. The second kappa shape index (κ2) is 3.97. The molecule has 2 unspecified atom stereocenters. The van der Waals surface area contributed by atoms with Crippen LogP contribution in [0.25, 0.3) is 0 Å². The number of hydrogen-bond donors (Lipinski definition) is 1. The Labute approximate surface area is 64.0 Å². The average molecular weight is 141 g/mol. The zero-order chi connectivity index (χ0) is 7.40. The lowest BCUT2D eigenvalue weighted by Crippen LogP contribution is -2.14. The van der Waals surface area contributed by atoms with Crippen LogP contribution >= 0.6 is 0 Å². The minimum absolute atomic E-state index is 0.529. The predicted octanol–water partition coefficient (Wildman–Crippen LogP) is 2.30. The predicted molar refractivity (Wildman–Crippen MR) is 44.8 cm³/mol. The fraction of sp³-hybridized carbons (Fsp3) is 1.00. The summed E-state index contributed by atoms with van der Waals surface area (Å²) in [5.74, 6) is 0.968. The summed E-state index contributed by atoms with van der Waals surface area (Å²) in [5, 5.41) is 0. The second-order valence-electron chi connectivity index (χ2n) is 3.58. The molecule has 1 rings (SSSR count). The smallest absolute Gasteiger partial charge is 0.00415 e. The number of nitrogens with two attached hydrogens (primary N) is 1. The fourth-order valence-electron chi connectivity index (χ4n) is 1.87. The maximum absolute atomic E-state index is 5.80. The first-order valence-electron chi connectivity index (χ1n) is 4.58. The Morgan fingerprint density at radius 1 is 1.40 bits per heavy atom. The molecule has 0 spiro atoms. The van der Waals surface area contributed by atoms with E-state index in [4.69, 9.17) is 5.73 Å². The lowest BCUT2D eigenvalue weighted by atomic mass is 10.0. The Hall–Kier alpha value is -0.0400. The number of unbranched alkanes of at least 4 members (excludes halogenated alkanes) is 1. The molecule has 1 heteroatoms. The lowest BCUT2D eigenvalue weighted by Gasteiger charge is -2.06. The van der Waals surface area contributed by atoms with Crippen LogP contribution in [0, 0.1) is 5.92 Å². The van der Waals surface area contributed by atoms with E-state index in [9.17, 15) is 0 Å². The summed E-state index contributed by atoms with van der Waals surface area (Å²) in [6.07, 6.45) is 8.11. The third-order valence-corrected chi connectivity index (χ3v) is 2.55. The first kappa shape index (κ1) is 8.06. The summed E-state index contributed by atoms with van der Waals surface area (Å²) < 4.78 is 0. The molecule has 10 heavy (non-hydrogen) atoms. The van der Waals surface area contributed by atoms with E-state index in [0.717, 1.165) is 5.92 Å². The van der Waals surface area contributed by atoms with E-state index in [1.165, 1.54) is 38.5 Å². The van der Waals surface area contributed by atoms with Crippen molar-refractivity contribution >= 4 is 0 Å². The molecule has 1 aliphatic carbocycles. The average Bonchev–Trinajstić information content (AvgIpc) is 2.31. The Morgan fingerprint density at radius 3 is 2.70 bits per heavy atom. The summed E-state index contributed by atoms with van der Waals surface area (Å²) in [6.45, 7) is 2.26. The quantitative estimate of drug-likeness (QED) is 0.641. The van der Waals surface area contributed by atoms with Crippen LogP contribution in [0.2, 0.25) is 0 Å². The van der Waals surface area contributed by atoms with E-state index in [-0.39, 0.29) is 0 Å². The van der Waals surface area contributed by atoms with E-state index in [1.807, 2.05) is 0 Å². The molecule has 0 aromatic rings. The van der Waals surface area contributed by atoms with Crippen LogP contribution in [0.5, 0.6) is 0 Å². The molecule has 0 aromatic carbocycles. The molecule has 1 fully saturated rings. The monoisotopic (exact) mass is 141 g/mol. The van der Waals surface area contributed by atoms with Crippen LogP contribution in [0.4, 0.5) is 0 Å². The largest absolute Gasteiger partial charge is 0.328 e. The van der Waals surface area contributed by atoms with Gasteiger partial charge in [0.1, 0.15) is 0 Å². The lowest BCUT2D eigenvalue weighted by molar-refractivity contribution is 0.473. The highest BCUT2D eigenvalue weighted by Gasteiger charge is 2.20. The van der Waals surface area contributed by atoms with E-state index >= 15 is 0 Å². The molecule has 1 nitrogen and oxygen atoms in total. The van der Waals surface area contributed by atoms with Gasteiger partial charge in [-0.25, -0.2) is 0 Å². The minimum Gasteiger partial charge on any atom is -0.328 e. The maximum Gasteiger partial charge on any atom is 0.00415 e. The Kier molecular flexibility index (Phi) is 3.20. The van der Waals surface area contributed by atoms with Crippen LogP contribution in [0.1, 0.15) is 45.4 Å². The van der Waals surface area contributed by atoms with Gasteiger partial charge in [-0.3, -0.25) is 0 Å². The van der Waals surface area contributed by atoms with E-state index < -0.39 is 0 Å². The van der Waals surface area contributed by atoms with Crippen LogP contribution in [0.3, 0.4) is 0 Å². The standard InChI is InChI=1S/C9H19N/c1-2-3-4-8-5-6-9(10)7-8/h8-9H,2-7,10H2,1H3. The third kappa shape index (κ3) is 2.30. The van der Waals surface area contributed by atoms with Crippen molar-refractivity contribution in [3.05, 3.63) is 0 Å². The summed E-state index contributed by atoms with van der Waals surface area (Å²) >= 11 is 0. The zero-order valence-corrected chi connectivity index (χ0v) is 6.97. The summed E-state index contributed by atoms with van der Waals surface area (Å²) in [6, 6.07) is 0.529. The van der Waals surface area contributed by atoms with Crippen molar-refractivity contribution in [2.45, 2.75) is 51.5 Å². The van der Waals surface area contributed by atoms with Gasteiger partial charge in [-0.15, -0.1) is 0 Å². The van der Waals surface area contributed by atoms with Crippen LogP contribution in [0.15, 0.2) is 0 Å². The van der Waals surface area contributed by atoms with Crippen LogP contribution in [-0.2, 0) is 0 Å². The van der Waals surface area contributed by atoms with E-state index in [1.54, 1.807) is 0 Å². The maximum atomic E-state index is 5.80. The first-order chi connectivity index (χ1) is 4.83. The summed E-state index contributed by atoms with van der Waals surface area (Å²) in [5.41, 5.74) is 5.80. The van der Waals surface area contributed by atoms with Crippen LogP contribution in [-0.4, -0.2) is 6.04 Å². The molecular formula is C9H19N. The molecule has 1 saturated carbocycles. The molecular weight excluding hydrogens is 122 g/mol. The van der Waals surface area contributed by atoms with Gasteiger partial charge in [0, 0.05) is 6.04 Å². The molecule has 2 N–H and O–H groups in total. The molecule has 2 atom stereocenters. The van der Waals surface area contributed by atoms with Gasteiger partial charge in [0.25, 0.3) is 0 Å². The normalized spacial score (nSPS) is 33.0. The van der Waals surface area contributed by atoms with Gasteiger partial charge in [0.05, 0.1) is 0 Å². The van der Waals surface area contributed by atoms with Gasteiger partial charge < -0.3 is 5.73 Å². The van der Waals surface area contributed by atoms with Gasteiger partial charge in [-0.2, -0.15) is 0 Å². The summed E-state index contributed by atoms with van der Waals surface area (Å²) in [4.78, 5) is 0. The molecule has 0 amide bonds. The highest BCUT2D eigenvalue weighted by atomic mass is 14.6. The molecule has 0 bridgehead atoms. The van der Waals surface area contributed by atoms with E-state index in [0.29, 0.717) is 6.04 Å². The minimum atomic E-state index is 0.529. The van der Waals surface area contributed by atoms with Gasteiger partial charge >= 0.3 is 0 Å². The van der Waals surface area contributed by atoms with E-state index in [2.05, 4.69) is 6.92 Å². The fourth-order valence-corrected chi connectivity index (χ4v) is 1.87. The van der Waals surface area contributed by atoms with Crippen molar-refractivity contribution in [2.24, 2.45) is 11.7 Å². The van der Waals surface area contributed by atoms with Crippen molar-refractivity contribution in [1.29, 1.82) is 0 Å².